The van der Waals surface area contributed by atoms with Crippen LogP contribution in [0.4, 0.5) is 24.7 Å². The zero-order valence-electron chi connectivity index (χ0n) is 16.5. The molecule has 0 unspecified atom stereocenters. The predicted octanol–water partition coefficient (Wildman–Crippen LogP) is 4.83. The molecule has 4 rings (SSSR count). The van der Waals surface area contributed by atoms with Gasteiger partial charge in [0.05, 0.1) is 11.2 Å². The molecule has 0 bridgehead atoms. The normalized spacial score (nSPS) is 14.2. The molecule has 1 aliphatic rings. The van der Waals surface area contributed by atoms with Gasteiger partial charge in [-0.05, 0) is 31.1 Å². The highest BCUT2D eigenvalue weighted by Crippen LogP contribution is 2.34. The average Bonchev–Trinajstić information content (AvgIpc) is 3.19. The standard InChI is InChI=1S/C20H18ClF3N4O2S2/c21-18-16(25-8-12-3-1-4-14(22)13(12)9-28-5-2-6-28)7-15(23)20(19(18)24)32(29,30)27-17-10-31-11-26-17/h1,3-4,7,10-11,25,27H,2,5-6,8-9H2. The number of sulfonamides is 1. The van der Waals surface area contributed by atoms with Crippen LogP contribution in [0.3, 0.4) is 0 Å². The molecular weight excluding hydrogens is 485 g/mol. The Bertz CT molecular complexity index is 1240. The number of halogens is 4. The van der Waals surface area contributed by atoms with E-state index in [9.17, 15) is 21.6 Å². The van der Waals surface area contributed by atoms with Gasteiger partial charge >= 0.3 is 0 Å². The van der Waals surface area contributed by atoms with E-state index in [1.54, 1.807) is 12.1 Å². The lowest BCUT2D eigenvalue weighted by Gasteiger charge is -2.31. The van der Waals surface area contributed by atoms with Crippen LogP contribution < -0.4 is 10.0 Å². The highest BCUT2D eigenvalue weighted by molar-refractivity contribution is 7.92. The summed E-state index contributed by atoms with van der Waals surface area (Å²) in [6.07, 6.45) is 1.06. The molecule has 32 heavy (non-hydrogen) atoms. The van der Waals surface area contributed by atoms with Crippen molar-refractivity contribution in [1.29, 1.82) is 0 Å². The summed E-state index contributed by atoms with van der Waals surface area (Å²) in [4.78, 5) is 4.62. The lowest BCUT2D eigenvalue weighted by atomic mass is 10.0. The largest absolute Gasteiger partial charge is 0.380 e. The third-order valence-electron chi connectivity index (χ3n) is 5.07. The summed E-state index contributed by atoms with van der Waals surface area (Å²) in [5.41, 5.74) is 2.32. The Labute approximate surface area is 192 Å². The second-order valence-electron chi connectivity index (χ2n) is 7.20. The van der Waals surface area contributed by atoms with E-state index in [4.69, 9.17) is 11.6 Å². The van der Waals surface area contributed by atoms with E-state index in [0.29, 0.717) is 17.7 Å². The third-order valence-corrected chi connectivity index (χ3v) is 7.42. The van der Waals surface area contributed by atoms with Gasteiger partial charge in [-0.15, -0.1) is 11.3 Å². The molecule has 6 nitrogen and oxygen atoms in total. The molecule has 0 radical (unpaired) electrons. The molecule has 1 aliphatic heterocycles. The topological polar surface area (TPSA) is 74.3 Å². The molecule has 0 atom stereocenters. The van der Waals surface area contributed by atoms with E-state index in [-0.39, 0.29) is 23.9 Å². The predicted molar refractivity (Wildman–Crippen MR) is 118 cm³/mol. The molecule has 3 aromatic rings. The van der Waals surface area contributed by atoms with Crippen molar-refractivity contribution >= 4 is 44.5 Å². The zero-order valence-corrected chi connectivity index (χ0v) is 18.9. The molecule has 2 aromatic carbocycles. The SMILES string of the molecule is O=S(=O)(Nc1cscn1)c1c(F)cc(NCc2cccc(F)c2CN2CCC2)c(Cl)c1F. The van der Waals surface area contributed by atoms with E-state index in [2.05, 4.69) is 15.2 Å². The van der Waals surface area contributed by atoms with E-state index in [1.165, 1.54) is 17.0 Å². The molecule has 170 valence electrons. The van der Waals surface area contributed by atoms with E-state index < -0.39 is 31.6 Å². The molecule has 1 saturated heterocycles. The first kappa shape index (κ1) is 22.8. The molecule has 12 heteroatoms. The first-order chi connectivity index (χ1) is 15.3. The number of hydrogen-bond donors (Lipinski definition) is 2. The first-order valence-corrected chi connectivity index (χ1v) is 12.4. The average molecular weight is 503 g/mol. The first-order valence-electron chi connectivity index (χ1n) is 9.57. The highest BCUT2D eigenvalue weighted by atomic mass is 35.5. The van der Waals surface area contributed by atoms with E-state index in [0.717, 1.165) is 36.9 Å². The zero-order chi connectivity index (χ0) is 22.9. The van der Waals surface area contributed by atoms with Crippen LogP contribution in [0.5, 0.6) is 0 Å². The van der Waals surface area contributed by atoms with Crippen molar-refractivity contribution < 1.29 is 21.6 Å². The number of benzene rings is 2. The fourth-order valence-electron chi connectivity index (χ4n) is 3.30. The van der Waals surface area contributed by atoms with Crippen LogP contribution in [0.25, 0.3) is 0 Å². The Morgan fingerprint density at radius 3 is 2.62 bits per heavy atom. The van der Waals surface area contributed by atoms with Gasteiger partial charge in [0.2, 0.25) is 0 Å². The summed E-state index contributed by atoms with van der Waals surface area (Å²) in [5, 5.41) is 3.57. The molecule has 0 amide bonds. The highest BCUT2D eigenvalue weighted by Gasteiger charge is 2.29. The Kier molecular flexibility index (Phi) is 6.61. The number of rotatable bonds is 8. The maximum atomic E-state index is 14.8. The summed E-state index contributed by atoms with van der Waals surface area (Å²) in [5.74, 6) is -3.18. The molecule has 2 N–H and O–H groups in total. The van der Waals surface area contributed by atoms with Crippen molar-refractivity contribution in [3.05, 3.63) is 68.8 Å². The number of aromatic nitrogens is 1. The monoisotopic (exact) mass is 502 g/mol. The molecule has 1 fully saturated rings. The van der Waals surface area contributed by atoms with Crippen LogP contribution in [-0.4, -0.2) is 31.4 Å². The van der Waals surface area contributed by atoms with Gasteiger partial charge in [0.1, 0.15) is 16.7 Å². The van der Waals surface area contributed by atoms with Crippen LogP contribution in [0.1, 0.15) is 17.5 Å². The number of thiazole rings is 1. The van der Waals surface area contributed by atoms with Crippen molar-refractivity contribution in [2.75, 3.05) is 23.1 Å². The van der Waals surface area contributed by atoms with Crippen molar-refractivity contribution in [3.63, 3.8) is 0 Å². The van der Waals surface area contributed by atoms with Gasteiger partial charge < -0.3 is 5.32 Å². The van der Waals surface area contributed by atoms with Crippen LogP contribution in [0.2, 0.25) is 5.02 Å². The van der Waals surface area contributed by atoms with E-state index in [1.807, 2.05) is 4.72 Å². The van der Waals surface area contributed by atoms with Crippen molar-refractivity contribution in [2.45, 2.75) is 24.4 Å². The summed E-state index contributed by atoms with van der Waals surface area (Å²) < 4.78 is 70.8. The third kappa shape index (κ3) is 4.70. The smallest absolute Gasteiger partial charge is 0.268 e. The molecule has 0 aliphatic carbocycles. The van der Waals surface area contributed by atoms with Crippen LogP contribution in [0.15, 0.2) is 40.1 Å². The minimum absolute atomic E-state index is 0.0443. The van der Waals surface area contributed by atoms with Gasteiger partial charge in [0.25, 0.3) is 10.0 Å². The Morgan fingerprint density at radius 2 is 1.97 bits per heavy atom. The van der Waals surface area contributed by atoms with Crippen molar-refractivity contribution in [1.82, 2.24) is 9.88 Å². The summed E-state index contributed by atoms with van der Waals surface area (Å²) >= 11 is 7.13. The van der Waals surface area contributed by atoms with Gasteiger partial charge in [-0.1, -0.05) is 23.7 Å². The molecule has 1 aromatic heterocycles. The molecule has 0 spiro atoms. The van der Waals surface area contributed by atoms with Gasteiger partial charge in [-0.3, -0.25) is 9.62 Å². The quantitative estimate of drug-likeness (QED) is 0.431. The molecule has 2 heterocycles. The fraction of sp³-hybridized carbons (Fsp3) is 0.250. The number of anilines is 2. The lowest BCUT2D eigenvalue weighted by Crippen LogP contribution is -2.36. The number of nitrogens with one attached hydrogen (secondary N) is 2. The van der Waals surface area contributed by atoms with Crippen LogP contribution in [-0.2, 0) is 23.1 Å². The summed E-state index contributed by atoms with van der Waals surface area (Å²) in [6.45, 7) is 2.24. The van der Waals surface area contributed by atoms with Crippen molar-refractivity contribution in [3.8, 4) is 0 Å². The van der Waals surface area contributed by atoms with Crippen molar-refractivity contribution in [2.24, 2.45) is 0 Å². The number of likely N-dealkylation sites (tertiary alicyclic amines) is 1. The second kappa shape index (κ2) is 9.26. The summed E-state index contributed by atoms with van der Waals surface area (Å²) in [6, 6.07) is 5.42. The Morgan fingerprint density at radius 1 is 1.19 bits per heavy atom. The van der Waals surface area contributed by atoms with Crippen LogP contribution >= 0.6 is 22.9 Å². The van der Waals surface area contributed by atoms with Gasteiger partial charge in [0, 0.05) is 30.1 Å². The second-order valence-corrected chi connectivity index (χ2v) is 9.92. The lowest BCUT2D eigenvalue weighted by molar-refractivity contribution is 0.170. The Balaban J connectivity index is 1.58. The van der Waals surface area contributed by atoms with Gasteiger partial charge in [-0.2, -0.15) is 0 Å². The molecular formula is C20H18ClF3N4O2S2. The number of nitrogens with zero attached hydrogens (tertiary/aromatic N) is 2. The van der Waals surface area contributed by atoms with E-state index >= 15 is 0 Å². The number of hydrogen-bond acceptors (Lipinski definition) is 6. The maximum Gasteiger partial charge on any atom is 0.268 e. The summed E-state index contributed by atoms with van der Waals surface area (Å²) in [7, 11) is -4.60. The fourth-order valence-corrected chi connectivity index (χ4v) is 5.28. The Hall–Kier alpha value is -2.34. The van der Waals surface area contributed by atoms with Crippen LogP contribution in [0, 0.1) is 17.5 Å². The minimum atomic E-state index is -4.60. The van der Waals surface area contributed by atoms with Gasteiger partial charge in [0.15, 0.2) is 16.5 Å². The molecule has 0 saturated carbocycles. The minimum Gasteiger partial charge on any atom is -0.380 e. The maximum absolute atomic E-state index is 14.8. The van der Waals surface area contributed by atoms with Gasteiger partial charge in [-0.25, -0.2) is 26.6 Å².